The average molecular weight is 339 g/mol. The van der Waals surface area contributed by atoms with Gasteiger partial charge in [0.1, 0.15) is 0 Å². The highest BCUT2D eigenvalue weighted by molar-refractivity contribution is 7.80. The summed E-state index contributed by atoms with van der Waals surface area (Å²) >= 11 is 4.74. The lowest BCUT2D eigenvalue weighted by molar-refractivity contribution is 0.0907. The molecular formula is C20H34O2S. The molecule has 0 aliphatic rings. The molecule has 0 aliphatic heterocycles. The van der Waals surface area contributed by atoms with Gasteiger partial charge >= 0.3 is 0 Å². The van der Waals surface area contributed by atoms with Crippen molar-refractivity contribution < 1.29 is 9.47 Å². The summed E-state index contributed by atoms with van der Waals surface area (Å²) in [6.45, 7) is 18.1. The van der Waals surface area contributed by atoms with Gasteiger partial charge in [-0.2, -0.15) is 0 Å². The number of benzene rings is 1. The van der Waals surface area contributed by atoms with E-state index in [9.17, 15) is 0 Å². The minimum Gasteiger partial charge on any atom is -0.376 e. The molecule has 0 amide bonds. The minimum atomic E-state index is 0.0983. The Morgan fingerprint density at radius 2 is 1.26 bits per heavy atom. The fourth-order valence-corrected chi connectivity index (χ4v) is 2.48. The smallest absolute Gasteiger partial charge is 0.0727 e. The fraction of sp³-hybridized carbons (Fsp3) is 0.700. The molecule has 0 heterocycles. The molecular weight excluding hydrogens is 304 g/mol. The van der Waals surface area contributed by atoms with Crippen molar-refractivity contribution >= 4 is 12.6 Å². The largest absolute Gasteiger partial charge is 0.376 e. The van der Waals surface area contributed by atoms with E-state index >= 15 is 0 Å². The Labute approximate surface area is 148 Å². The summed E-state index contributed by atoms with van der Waals surface area (Å²) in [6.07, 6.45) is 0. The van der Waals surface area contributed by atoms with Gasteiger partial charge < -0.3 is 9.47 Å². The third-order valence-electron chi connectivity index (χ3n) is 3.55. The van der Waals surface area contributed by atoms with E-state index < -0.39 is 0 Å². The van der Waals surface area contributed by atoms with Gasteiger partial charge in [0.2, 0.25) is 0 Å². The zero-order chi connectivity index (χ0) is 17.6. The summed E-state index contributed by atoms with van der Waals surface area (Å²) in [4.78, 5) is 1.01. The van der Waals surface area contributed by atoms with Crippen LogP contribution in [0.25, 0.3) is 0 Å². The van der Waals surface area contributed by atoms with E-state index in [4.69, 9.17) is 22.1 Å². The average Bonchev–Trinajstić information content (AvgIpc) is 2.40. The first-order valence-corrected chi connectivity index (χ1v) is 9.06. The second-order valence-electron chi connectivity index (χ2n) is 8.21. The molecule has 3 heteroatoms. The first kappa shape index (κ1) is 20.5. The molecule has 0 fully saturated rings. The lowest BCUT2D eigenvalue weighted by Crippen LogP contribution is -2.14. The minimum absolute atomic E-state index is 0.0983. The molecule has 1 rings (SSSR count). The zero-order valence-corrected chi connectivity index (χ0v) is 16.8. The van der Waals surface area contributed by atoms with Crippen LogP contribution >= 0.6 is 12.6 Å². The Hall–Kier alpha value is -0.510. The Morgan fingerprint density at radius 1 is 0.870 bits per heavy atom. The molecule has 0 unspecified atom stereocenters. The number of thiol groups is 1. The van der Waals surface area contributed by atoms with Gasteiger partial charge in [0.25, 0.3) is 0 Å². The van der Waals surface area contributed by atoms with Crippen LogP contribution in [0, 0.1) is 11.8 Å². The lowest BCUT2D eigenvalue weighted by Gasteiger charge is -2.23. The molecule has 1 aromatic carbocycles. The summed E-state index contributed by atoms with van der Waals surface area (Å²) in [5.74, 6) is 1.08. The maximum atomic E-state index is 5.84. The van der Waals surface area contributed by atoms with Crippen LogP contribution in [0.15, 0.2) is 17.0 Å². The molecule has 0 N–H and O–H groups in total. The van der Waals surface area contributed by atoms with Gasteiger partial charge in [-0.25, -0.2) is 0 Å². The predicted molar refractivity (Wildman–Crippen MR) is 101 cm³/mol. The molecule has 0 atom stereocenters. The highest BCUT2D eigenvalue weighted by Crippen LogP contribution is 2.30. The van der Waals surface area contributed by atoms with Crippen LogP contribution in [0.5, 0.6) is 0 Å². The molecule has 2 nitrogen and oxygen atoms in total. The van der Waals surface area contributed by atoms with Gasteiger partial charge in [-0.15, -0.1) is 12.6 Å². The van der Waals surface area contributed by atoms with Gasteiger partial charge in [-0.1, -0.05) is 60.6 Å². The first-order valence-electron chi connectivity index (χ1n) is 8.62. The van der Waals surface area contributed by atoms with Gasteiger partial charge in [0.15, 0.2) is 0 Å². The predicted octanol–water partition coefficient (Wildman–Crippen LogP) is 5.62. The van der Waals surface area contributed by atoms with Gasteiger partial charge in [-0.05, 0) is 33.9 Å². The van der Waals surface area contributed by atoms with Crippen LogP contribution < -0.4 is 0 Å². The molecule has 0 saturated carbocycles. The van der Waals surface area contributed by atoms with Crippen LogP contribution in [0.2, 0.25) is 0 Å². The van der Waals surface area contributed by atoms with Crippen molar-refractivity contribution in [1.82, 2.24) is 0 Å². The van der Waals surface area contributed by atoms with Crippen molar-refractivity contribution in [2.24, 2.45) is 11.8 Å². The summed E-state index contributed by atoms with van der Waals surface area (Å²) in [5.41, 5.74) is 3.72. The zero-order valence-electron chi connectivity index (χ0n) is 15.9. The second kappa shape index (κ2) is 9.10. The Morgan fingerprint density at radius 3 is 1.57 bits per heavy atom. The van der Waals surface area contributed by atoms with E-state index in [-0.39, 0.29) is 5.41 Å². The van der Waals surface area contributed by atoms with Crippen molar-refractivity contribution in [3.8, 4) is 0 Å². The molecule has 0 saturated heterocycles. The summed E-state index contributed by atoms with van der Waals surface area (Å²) in [5, 5.41) is 0. The van der Waals surface area contributed by atoms with Gasteiger partial charge in [0, 0.05) is 18.1 Å². The topological polar surface area (TPSA) is 18.5 Å². The van der Waals surface area contributed by atoms with E-state index in [1.54, 1.807) is 0 Å². The summed E-state index contributed by atoms with van der Waals surface area (Å²) in [6, 6.07) is 4.46. The fourth-order valence-electron chi connectivity index (χ4n) is 2.22. The van der Waals surface area contributed by atoms with Crippen LogP contribution in [-0.2, 0) is 28.1 Å². The van der Waals surface area contributed by atoms with E-state index in [0.29, 0.717) is 25.0 Å². The standard InChI is InChI=1S/C20H34O2S/c1-14(2)10-21-12-16-8-18(20(5,6)7)9-17(19(16)23)13-22-11-15(3)4/h8-9,14-15,23H,10-13H2,1-7H3. The van der Waals surface area contributed by atoms with Crippen molar-refractivity contribution in [3.63, 3.8) is 0 Å². The summed E-state index contributed by atoms with van der Waals surface area (Å²) < 4.78 is 11.7. The highest BCUT2D eigenvalue weighted by Gasteiger charge is 2.18. The number of hydrogen-bond acceptors (Lipinski definition) is 3. The van der Waals surface area contributed by atoms with E-state index in [1.807, 2.05) is 0 Å². The highest BCUT2D eigenvalue weighted by atomic mass is 32.1. The van der Waals surface area contributed by atoms with Crippen molar-refractivity contribution in [2.75, 3.05) is 13.2 Å². The number of hydrogen-bond donors (Lipinski definition) is 1. The first-order chi connectivity index (χ1) is 10.6. The normalized spacial score (nSPS) is 12.4. The van der Waals surface area contributed by atoms with Crippen LogP contribution in [0.4, 0.5) is 0 Å². The molecule has 0 bridgehead atoms. The Kier molecular flexibility index (Phi) is 8.12. The van der Waals surface area contributed by atoms with Crippen molar-refractivity contribution in [1.29, 1.82) is 0 Å². The second-order valence-corrected chi connectivity index (χ2v) is 8.66. The quantitative estimate of drug-likeness (QED) is 0.620. The third-order valence-corrected chi connectivity index (χ3v) is 4.13. The Bertz CT molecular complexity index is 452. The maximum Gasteiger partial charge on any atom is 0.0727 e. The molecule has 0 spiro atoms. The van der Waals surface area contributed by atoms with Crippen molar-refractivity contribution in [2.45, 2.75) is 72.0 Å². The third kappa shape index (κ3) is 7.28. The van der Waals surface area contributed by atoms with Crippen LogP contribution in [0.3, 0.4) is 0 Å². The van der Waals surface area contributed by atoms with Crippen molar-refractivity contribution in [3.05, 3.63) is 28.8 Å². The van der Waals surface area contributed by atoms with Crippen LogP contribution in [0.1, 0.15) is 65.2 Å². The SMILES string of the molecule is CC(C)COCc1cc(C(C)(C)C)cc(COCC(C)C)c1S. The lowest BCUT2D eigenvalue weighted by atomic mass is 9.85. The molecule has 0 aliphatic carbocycles. The molecule has 0 aromatic heterocycles. The summed E-state index contributed by atoms with van der Waals surface area (Å²) in [7, 11) is 0. The monoisotopic (exact) mass is 338 g/mol. The van der Waals surface area contributed by atoms with Gasteiger partial charge in [0.05, 0.1) is 13.2 Å². The van der Waals surface area contributed by atoms with E-state index in [2.05, 4.69) is 60.6 Å². The molecule has 0 radical (unpaired) electrons. The Balaban J connectivity index is 2.98. The van der Waals surface area contributed by atoms with E-state index in [0.717, 1.165) is 29.2 Å². The van der Waals surface area contributed by atoms with Crippen LogP contribution in [-0.4, -0.2) is 13.2 Å². The maximum absolute atomic E-state index is 5.84. The van der Waals surface area contributed by atoms with Gasteiger partial charge in [-0.3, -0.25) is 0 Å². The molecule has 1 aromatic rings. The number of ether oxygens (including phenoxy) is 2. The number of rotatable bonds is 8. The molecule has 23 heavy (non-hydrogen) atoms. The van der Waals surface area contributed by atoms with E-state index in [1.165, 1.54) is 5.56 Å². The molecule has 132 valence electrons.